The fraction of sp³-hybridized carbons (Fsp3) is 0.500. The van der Waals surface area contributed by atoms with Crippen molar-refractivity contribution in [2.24, 2.45) is 11.8 Å². The highest BCUT2D eigenvalue weighted by Gasteiger charge is 2.46. The van der Waals surface area contributed by atoms with Crippen LogP contribution in [0.15, 0.2) is 30.5 Å². The molecule has 3 fully saturated rings. The highest BCUT2D eigenvalue weighted by molar-refractivity contribution is 5.91. The molecule has 1 amide bonds. The van der Waals surface area contributed by atoms with Crippen molar-refractivity contribution in [3.63, 3.8) is 0 Å². The number of hydrogen-bond acceptors (Lipinski definition) is 4. The number of hydrogen-bond donors (Lipinski definition) is 2. The predicted octanol–water partition coefficient (Wildman–Crippen LogP) is 0.230. The van der Waals surface area contributed by atoms with Gasteiger partial charge in [0, 0.05) is 26.3 Å². The Morgan fingerprint density at radius 2 is 2.11 bits per heavy atom. The number of Topliss-reactive ketones (excluding diaryl/α,β-unsaturated/α-hetero) is 1. The molecule has 2 aromatic rings. The average Bonchev–Trinajstić information content (AvgIpc) is 3.17. The first-order valence-corrected chi connectivity index (χ1v) is 9.77. The van der Waals surface area contributed by atoms with Gasteiger partial charge in [-0.25, -0.2) is 9.07 Å². The summed E-state index contributed by atoms with van der Waals surface area (Å²) < 4.78 is 14.7. The fourth-order valence-corrected chi connectivity index (χ4v) is 4.52. The number of rotatable bonds is 6. The molecule has 3 aliphatic heterocycles. The molecule has 2 N–H and O–H groups in total. The van der Waals surface area contributed by atoms with Crippen molar-refractivity contribution in [2.75, 3.05) is 13.1 Å². The van der Waals surface area contributed by atoms with E-state index in [-0.39, 0.29) is 23.4 Å². The number of aromatic nitrogens is 3. The van der Waals surface area contributed by atoms with E-state index in [9.17, 15) is 14.0 Å². The van der Waals surface area contributed by atoms with E-state index in [1.54, 1.807) is 23.0 Å². The van der Waals surface area contributed by atoms with E-state index in [0.29, 0.717) is 24.2 Å². The number of amides is 1. The van der Waals surface area contributed by atoms with E-state index < -0.39 is 0 Å². The molecular weight excluding hydrogens is 361 g/mol. The monoisotopic (exact) mass is 386 g/mol. The second kappa shape index (κ2) is 7.79. The molecule has 1 aromatic carbocycles. The minimum Gasteiger partial charge on any atom is -0.352 e. The molecule has 0 aliphatic carbocycles. The molecule has 0 spiro atoms. The normalized spacial score (nSPS) is 26.2. The summed E-state index contributed by atoms with van der Waals surface area (Å²) >= 11 is 0. The summed E-state index contributed by atoms with van der Waals surface area (Å²) in [6.45, 7) is 4.51. The number of nitrogens with zero attached hydrogens (tertiary/aromatic N) is 3. The summed E-state index contributed by atoms with van der Waals surface area (Å²) in [5, 5.41) is 11.0. The molecule has 4 atom stereocenters. The lowest BCUT2D eigenvalue weighted by atomic mass is 9.75. The summed E-state index contributed by atoms with van der Waals surface area (Å²) in [4.78, 5) is 25.5. The lowest BCUT2D eigenvalue weighted by Crippen LogP contribution is -3.20. The van der Waals surface area contributed by atoms with E-state index in [0.717, 1.165) is 38.0 Å². The van der Waals surface area contributed by atoms with Crippen LogP contribution in [0.5, 0.6) is 0 Å². The molecule has 3 aliphatic rings. The first kappa shape index (κ1) is 18.7. The van der Waals surface area contributed by atoms with Crippen molar-refractivity contribution in [3.05, 3.63) is 47.5 Å². The van der Waals surface area contributed by atoms with Gasteiger partial charge in [-0.1, -0.05) is 17.3 Å². The largest absolute Gasteiger partial charge is 0.352 e. The van der Waals surface area contributed by atoms with Crippen molar-refractivity contribution < 1.29 is 18.9 Å². The number of ketones is 1. The van der Waals surface area contributed by atoms with E-state index >= 15 is 0 Å². The molecule has 3 saturated heterocycles. The van der Waals surface area contributed by atoms with Crippen LogP contribution in [0.4, 0.5) is 4.39 Å². The predicted molar refractivity (Wildman–Crippen MR) is 99.0 cm³/mol. The number of quaternary nitrogens is 1. The number of fused-ring (bicyclic) bond motifs is 3. The van der Waals surface area contributed by atoms with Crippen LogP contribution >= 0.6 is 0 Å². The minimum absolute atomic E-state index is 0.0176. The second-order valence-electron chi connectivity index (χ2n) is 7.93. The van der Waals surface area contributed by atoms with Gasteiger partial charge in [-0.15, -0.1) is 5.10 Å². The Morgan fingerprint density at radius 1 is 1.32 bits per heavy atom. The van der Waals surface area contributed by atoms with Gasteiger partial charge in [-0.05, 0) is 23.6 Å². The van der Waals surface area contributed by atoms with Crippen molar-refractivity contribution >= 4 is 11.7 Å². The van der Waals surface area contributed by atoms with Gasteiger partial charge in [0.05, 0.1) is 31.7 Å². The Bertz CT molecular complexity index is 866. The van der Waals surface area contributed by atoms with Crippen molar-refractivity contribution in [3.8, 4) is 0 Å². The zero-order valence-electron chi connectivity index (χ0n) is 15.9. The van der Waals surface area contributed by atoms with Gasteiger partial charge >= 0.3 is 0 Å². The molecular formula is C20H25FN5O2+. The van der Waals surface area contributed by atoms with Crippen molar-refractivity contribution in [1.82, 2.24) is 20.3 Å². The Labute approximate surface area is 162 Å². The smallest absolute Gasteiger partial charge is 0.229 e. The molecule has 28 heavy (non-hydrogen) atoms. The third-order valence-electron chi connectivity index (χ3n) is 6.08. The first-order valence-electron chi connectivity index (χ1n) is 9.77. The lowest BCUT2D eigenvalue weighted by molar-refractivity contribution is -0.945. The van der Waals surface area contributed by atoms with Gasteiger partial charge in [-0.2, -0.15) is 0 Å². The van der Waals surface area contributed by atoms with Crippen LogP contribution in [0, 0.1) is 17.7 Å². The van der Waals surface area contributed by atoms with Crippen LogP contribution in [-0.2, 0) is 17.9 Å². The Morgan fingerprint density at radius 3 is 2.75 bits per heavy atom. The Hall–Kier alpha value is -2.61. The van der Waals surface area contributed by atoms with Gasteiger partial charge < -0.3 is 10.2 Å². The van der Waals surface area contributed by atoms with E-state index in [1.165, 1.54) is 24.0 Å². The molecule has 4 heterocycles. The zero-order valence-corrected chi connectivity index (χ0v) is 15.9. The molecule has 0 radical (unpaired) electrons. The Balaban J connectivity index is 1.33. The highest BCUT2D eigenvalue weighted by Crippen LogP contribution is 2.27. The maximum atomic E-state index is 13.0. The summed E-state index contributed by atoms with van der Waals surface area (Å²) in [5.74, 6) is 0.118. The quantitative estimate of drug-likeness (QED) is 0.697. The van der Waals surface area contributed by atoms with Gasteiger partial charge in [-0.3, -0.25) is 9.59 Å². The Kier molecular flexibility index (Phi) is 5.21. The van der Waals surface area contributed by atoms with Gasteiger partial charge in [0.2, 0.25) is 5.91 Å². The number of nitrogens with one attached hydrogen (secondary N) is 2. The highest BCUT2D eigenvalue weighted by atomic mass is 19.1. The average molecular weight is 386 g/mol. The van der Waals surface area contributed by atoms with Crippen molar-refractivity contribution in [2.45, 2.75) is 38.9 Å². The van der Waals surface area contributed by atoms with E-state index in [4.69, 9.17) is 0 Å². The number of benzene rings is 1. The SMILES string of the molecule is CC(=O)c1cn(C[C@H]2C[C@H]3CC[NH+]2C[C@@H]3C(=O)NCc2ccc(F)cc2)nn1. The van der Waals surface area contributed by atoms with Crippen LogP contribution < -0.4 is 10.2 Å². The van der Waals surface area contributed by atoms with Gasteiger partial charge in [0.1, 0.15) is 17.6 Å². The molecule has 5 rings (SSSR count). The molecule has 2 bridgehead atoms. The number of carbonyl (C=O) groups excluding carboxylic acids is 2. The van der Waals surface area contributed by atoms with Crippen LogP contribution in [-0.4, -0.2) is 45.8 Å². The van der Waals surface area contributed by atoms with Crippen LogP contribution in [0.1, 0.15) is 35.8 Å². The molecule has 8 heteroatoms. The number of carbonyl (C=O) groups is 2. The summed E-state index contributed by atoms with van der Waals surface area (Å²) in [6, 6.07) is 6.60. The third-order valence-corrected chi connectivity index (χ3v) is 6.08. The third kappa shape index (κ3) is 3.96. The summed E-state index contributed by atoms with van der Waals surface area (Å²) in [7, 11) is 0. The fourth-order valence-electron chi connectivity index (χ4n) is 4.52. The number of piperidine rings is 3. The molecule has 1 aromatic heterocycles. The van der Waals surface area contributed by atoms with Gasteiger partial charge in [0.15, 0.2) is 5.78 Å². The van der Waals surface area contributed by atoms with Crippen LogP contribution in [0.2, 0.25) is 0 Å². The maximum absolute atomic E-state index is 13.0. The van der Waals surface area contributed by atoms with E-state index in [2.05, 4.69) is 15.6 Å². The lowest BCUT2D eigenvalue weighted by Gasteiger charge is -2.46. The second-order valence-corrected chi connectivity index (χ2v) is 7.93. The molecule has 1 unspecified atom stereocenters. The minimum atomic E-state index is -0.273. The standard InChI is InChI=1S/C20H24FN5O2/c1-13(27)19-12-26(24-23-19)10-17-8-15-6-7-25(17)11-18(15)20(28)22-9-14-2-4-16(21)5-3-14/h2-5,12,15,17-18H,6-11H2,1H3,(H,22,28)/p+1/t15-,17-,18+/m1/s1. The van der Waals surface area contributed by atoms with Crippen LogP contribution in [0.3, 0.4) is 0 Å². The topological polar surface area (TPSA) is 81.3 Å². The summed E-state index contributed by atoms with van der Waals surface area (Å²) in [5.41, 5.74) is 1.29. The zero-order chi connectivity index (χ0) is 19.7. The number of halogens is 1. The molecule has 0 saturated carbocycles. The van der Waals surface area contributed by atoms with Crippen LogP contribution in [0.25, 0.3) is 0 Å². The summed E-state index contributed by atoms with van der Waals surface area (Å²) in [6.07, 6.45) is 3.73. The molecule has 7 nitrogen and oxygen atoms in total. The molecule has 148 valence electrons. The first-order chi connectivity index (χ1) is 13.5. The van der Waals surface area contributed by atoms with Crippen molar-refractivity contribution in [1.29, 1.82) is 0 Å². The maximum Gasteiger partial charge on any atom is 0.229 e. The van der Waals surface area contributed by atoms with E-state index in [1.807, 2.05) is 0 Å². The van der Waals surface area contributed by atoms with Gasteiger partial charge in [0.25, 0.3) is 0 Å².